The average molecular weight is 367 g/mol. The minimum Gasteiger partial charge on any atom is -0.497 e. The van der Waals surface area contributed by atoms with Gasteiger partial charge in [-0.1, -0.05) is 30.3 Å². The predicted molar refractivity (Wildman–Crippen MR) is 109 cm³/mol. The van der Waals surface area contributed by atoms with Gasteiger partial charge in [0.2, 0.25) is 5.91 Å². The average Bonchev–Trinajstić information content (AvgIpc) is 2.73. The molecule has 2 aromatic carbocycles. The van der Waals surface area contributed by atoms with E-state index in [9.17, 15) is 4.79 Å². The van der Waals surface area contributed by atoms with Crippen molar-refractivity contribution in [3.05, 3.63) is 60.2 Å². The third-order valence-corrected chi connectivity index (χ3v) is 5.18. The Balaban J connectivity index is 1.40. The van der Waals surface area contributed by atoms with E-state index in [-0.39, 0.29) is 5.91 Å². The zero-order chi connectivity index (χ0) is 19.1. The number of ether oxygens (including phenoxy) is 1. The van der Waals surface area contributed by atoms with Crippen molar-refractivity contribution >= 4 is 11.6 Å². The summed E-state index contributed by atoms with van der Waals surface area (Å²) in [5.74, 6) is 0.873. The second-order valence-corrected chi connectivity index (χ2v) is 7.04. The van der Waals surface area contributed by atoms with Crippen molar-refractivity contribution in [3.63, 3.8) is 0 Å². The number of anilines is 1. The molecule has 144 valence electrons. The smallest absolute Gasteiger partial charge is 0.224 e. The molecule has 1 atom stereocenters. The first-order chi connectivity index (χ1) is 13.2. The summed E-state index contributed by atoms with van der Waals surface area (Å²) in [4.78, 5) is 17.1. The van der Waals surface area contributed by atoms with E-state index in [4.69, 9.17) is 4.74 Å². The first kappa shape index (κ1) is 19.2. The molecule has 2 aromatic rings. The van der Waals surface area contributed by atoms with Crippen LogP contribution in [0.25, 0.3) is 0 Å². The van der Waals surface area contributed by atoms with Gasteiger partial charge in [0.1, 0.15) is 5.75 Å². The minimum atomic E-state index is 0.0648. The number of nitrogens with one attached hydrogen (secondary N) is 1. The number of para-hydroxylation sites is 1. The predicted octanol–water partition coefficient (Wildman–Crippen LogP) is 2.56. The molecule has 1 amide bonds. The van der Waals surface area contributed by atoms with Crippen LogP contribution in [-0.2, 0) is 11.2 Å². The number of methoxy groups -OCH3 is 1. The molecule has 1 aliphatic rings. The molecule has 1 unspecified atom stereocenters. The standard InChI is InChI=1S/C22H29N3O2/c1-18(17-23-22(26)16-19-8-10-21(27-2)11-9-19)24-12-14-25(15-13-24)20-6-4-3-5-7-20/h3-11,18H,12-17H2,1-2H3,(H,23,26). The second-order valence-electron chi connectivity index (χ2n) is 7.04. The lowest BCUT2D eigenvalue weighted by Crippen LogP contribution is -2.52. The van der Waals surface area contributed by atoms with E-state index >= 15 is 0 Å². The van der Waals surface area contributed by atoms with Crippen molar-refractivity contribution in [2.75, 3.05) is 44.7 Å². The van der Waals surface area contributed by atoms with Crippen LogP contribution >= 0.6 is 0 Å². The van der Waals surface area contributed by atoms with Gasteiger partial charge in [0.25, 0.3) is 0 Å². The monoisotopic (exact) mass is 367 g/mol. The summed E-state index contributed by atoms with van der Waals surface area (Å²) >= 11 is 0. The zero-order valence-electron chi connectivity index (χ0n) is 16.2. The van der Waals surface area contributed by atoms with E-state index in [0.29, 0.717) is 19.0 Å². The van der Waals surface area contributed by atoms with Crippen LogP contribution in [0.1, 0.15) is 12.5 Å². The lowest BCUT2D eigenvalue weighted by Gasteiger charge is -2.39. The van der Waals surface area contributed by atoms with E-state index in [1.54, 1.807) is 7.11 Å². The van der Waals surface area contributed by atoms with Crippen molar-refractivity contribution in [1.82, 2.24) is 10.2 Å². The van der Waals surface area contributed by atoms with Gasteiger partial charge in [-0.25, -0.2) is 0 Å². The summed E-state index contributed by atoms with van der Waals surface area (Å²) in [6.45, 7) is 6.95. The lowest BCUT2D eigenvalue weighted by atomic mass is 10.1. The van der Waals surface area contributed by atoms with Gasteiger partial charge in [-0.05, 0) is 36.8 Å². The van der Waals surface area contributed by atoms with Gasteiger partial charge in [-0.2, -0.15) is 0 Å². The third kappa shape index (κ3) is 5.47. The number of amides is 1. The Morgan fingerprint density at radius 2 is 1.70 bits per heavy atom. The molecule has 0 radical (unpaired) electrons. The highest BCUT2D eigenvalue weighted by Crippen LogP contribution is 2.16. The normalized spacial score (nSPS) is 16.0. The molecule has 3 rings (SSSR count). The zero-order valence-corrected chi connectivity index (χ0v) is 16.2. The molecule has 1 aliphatic heterocycles. The Hall–Kier alpha value is -2.53. The van der Waals surface area contributed by atoms with Crippen LogP contribution in [0, 0.1) is 0 Å². The highest BCUT2D eigenvalue weighted by atomic mass is 16.5. The maximum Gasteiger partial charge on any atom is 0.224 e. The summed E-state index contributed by atoms with van der Waals surface area (Å²) in [6, 6.07) is 18.5. The van der Waals surface area contributed by atoms with Gasteiger partial charge in [-0.3, -0.25) is 9.69 Å². The second kappa shape index (κ2) is 9.42. The molecule has 1 N–H and O–H groups in total. The number of nitrogens with zero attached hydrogens (tertiary/aromatic N) is 2. The fraction of sp³-hybridized carbons (Fsp3) is 0.409. The fourth-order valence-electron chi connectivity index (χ4n) is 3.44. The SMILES string of the molecule is COc1ccc(CC(=O)NCC(C)N2CCN(c3ccccc3)CC2)cc1. The largest absolute Gasteiger partial charge is 0.497 e. The molecule has 1 saturated heterocycles. The number of carbonyl (C=O) groups is 1. The Morgan fingerprint density at radius 1 is 1.04 bits per heavy atom. The summed E-state index contributed by atoms with van der Waals surface area (Å²) in [7, 11) is 1.64. The maximum atomic E-state index is 12.2. The Kier molecular flexibility index (Phi) is 6.71. The van der Waals surface area contributed by atoms with E-state index in [2.05, 4.69) is 52.4 Å². The van der Waals surface area contributed by atoms with Crippen LogP contribution in [0.4, 0.5) is 5.69 Å². The first-order valence-corrected chi connectivity index (χ1v) is 9.59. The number of hydrogen-bond acceptors (Lipinski definition) is 4. The van der Waals surface area contributed by atoms with Gasteiger partial charge in [0.15, 0.2) is 0 Å². The van der Waals surface area contributed by atoms with Crippen LogP contribution in [0.2, 0.25) is 0 Å². The molecule has 1 fully saturated rings. The molecule has 27 heavy (non-hydrogen) atoms. The quantitative estimate of drug-likeness (QED) is 0.817. The Morgan fingerprint density at radius 3 is 2.33 bits per heavy atom. The highest BCUT2D eigenvalue weighted by molar-refractivity contribution is 5.78. The van der Waals surface area contributed by atoms with Crippen molar-refractivity contribution in [2.24, 2.45) is 0 Å². The van der Waals surface area contributed by atoms with Crippen molar-refractivity contribution in [3.8, 4) is 5.75 Å². The van der Waals surface area contributed by atoms with Crippen LogP contribution in [0.5, 0.6) is 5.75 Å². The summed E-state index contributed by atoms with van der Waals surface area (Å²) in [5, 5.41) is 3.07. The Bertz CT molecular complexity index is 710. The topological polar surface area (TPSA) is 44.8 Å². The lowest BCUT2D eigenvalue weighted by molar-refractivity contribution is -0.120. The number of hydrogen-bond donors (Lipinski definition) is 1. The van der Waals surface area contributed by atoms with Crippen molar-refractivity contribution < 1.29 is 9.53 Å². The van der Waals surface area contributed by atoms with Crippen LogP contribution in [-0.4, -0.2) is 56.7 Å². The van der Waals surface area contributed by atoms with E-state index in [1.165, 1.54) is 5.69 Å². The van der Waals surface area contributed by atoms with Gasteiger partial charge >= 0.3 is 0 Å². The van der Waals surface area contributed by atoms with Crippen LogP contribution < -0.4 is 15.0 Å². The molecule has 0 saturated carbocycles. The van der Waals surface area contributed by atoms with Crippen molar-refractivity contribution in [2.45, 2.75) is 19.4 Å². The van der Waals surface area contributed by atoms with Gasteiger partial charge < -0.3 is 15.0 Å². The molecular formula is C22H29N3O2. The molecule has 0 aliphatic carbocycles. The molecule has 5 nitrogen and oxygen atoms in total. The van der Waals surface area contributed by atoms with E-state index < -0.39 is 0 Å². The fourth-order valence-corrected chi connectivity index (χ4v) is 3.44. The molecule has 0 aromatic heterocycles. The van der Waals surface area contributed by atoms with E-state index in [1.807, 2.05) is 24.3 Å². The van der Waals surface area contributed by atoms with Gasteiger partial charge in [0, 0.05) is 44.5 Å². The van der Waals surface area contributed by atoms with Crippen LogP contribution in [0.15, 0.2) is 54.6 Å². The number of carbonyl (C=O) groups excluding carboxylic acids is 1. The summed E-state index contributed by atoms with van der Waals surface area (Å²) in [5.41, 5.74) is 2.29. The molecule has 1 heterocycles. The number of piperazine rings is 1. The summed E-state index contributed by atoms with van der Waals surface area (Å²) < 4.78 is 5.15. The molecular weight excluding hydrogens is 338 g/mol. The molecule has 0 spiro atoms. The third-order valence-electron chi connectivity index (χ3n) is 5.18. The molecule has 0 bridgehead atoms. The van der Waals surface area contributed by atoms with E-state index in [0.717, 1.165) is 37.5 Å². The van der Waals surface area contributed by atoms with Gasteiger partial charge in [-0.15, -0.1) is 0 Å². The molecule has 5 heteroatoms. The highest BCUT2D eigenvalue weighted by Gasteiger charge is 2.21. The van der Waals surface area contributed by atoms with Gasteiger partial charge in [0.05, 0.1) is 13.5 Å². The first-order valence-electron chi connectivity index (χ1n) is 9.59. The minimum absolute atomic E-state index is 0.0648. The maximum absolute atomic E-state index is 12.2. The Labute approximate surface area is 161 Å². The number of rotatable bonds is 7. The van der Waals surface area contributed by atoms with Crippen molar-refractivity contribution in [1.29, 1.82) is 0 Å². The van der Waals surface area contributed by atoms with Crippen LogP contribution in [0.3, 0.4) is 0 Å². The number of benzene rings is 2. The summed E-state index contributed by atoms with van der Waals surface area (Å²) in [6.07, 6.45) is 0.401.